The van der Waals surface area contributed by atoms with E-state index in [1.165, 1.54) is 14.2 Å². The van der Waals surface area contributed by atoms with Crippen LogP contribution in [0.1, 0.15) is 0 Å². The van der Waals surface area contributed by atoms with E-state index in [0.29, 0.717) is 23.0 Å². The Labute approximate surface area is 143 Å². The maximum atomic E-state index is 12.3. The van der Waals surface area contributed by atoms with Crippen LogP contribution < -0.4 is 0 Å². The fourth-order valence-corrected chi connectivity index (χ4v) is 6.26. The quantitative estimate of drug-likeness (QED) is 0.514. The van der Waals surface area contributed by atoms with E-state index in [9.17, 15) is 9.59 Å². The van der Waals surface area contributed by atoms with Crippen molar-refractivity contribution >= 4 is 11.9 Å². The smallest absolute Gasteiger partial charge is 0.337 e. The van der Waals surface area contributed by atoms with Gasteiger partial charge >= 0.3 is 11.9 Å². The Bertz CT molecular complexity index is 697. The Hall–Kier alpha value is -1.70. The molecular weight excluding hydrogens is 328 g/mol. The van der Waals surface area contributed by atoms with Crippen LogP contribution in [0.2, 0.25) is 0 Å². The number of carbonyl (C=O) groups is 2. The standard InChI is InChI=1S/C18H18O7/c1-21-17(19)11-12(18(20)22-2)16-10-9(15(11)25-16)13-7-5-3-4-6(23-5)8(7)14(10)24-13/h3-10,13-16H,1-2H3/t5-,6-,7-,8-,9-,10+,13+,14+,15+,16+/m1/s1. The SMILES string of the molecule is COC(=O)C1=C(C(=O)OC)[C@H]2O[C@H]1[C@@H]1[C@H]3O[C@H]([C@@H]12)[C@H]1[C@H]3[C@H]2C=C[C@H]1O2. The van der Waals surface area contributed by atoms with E-state index < -0.39 is 24.1 Å². The molecule has 0 radical (unpaired) electrons. The summed E-state index contributed by atoms with van der Waals surface area (Å²) in [6.07, 6.45) is 3.49. The number of hydrogen-bond donors (Lipinski definition) is 0. The summed E-state index contributed by atoms with van der Waals surface area (Å²) in [5.41, 5.74) is 0.626. The van der Waals surface area contributed by atoms with Gasteiger partial charge in [-0.15, -0.1) is 0 Å². The van der Waals surface area contributed by atoms with Crippen LogP contribution in [-0.2, 0) is 33.3 Å². The molecule has 0 aromatic heterocycles. The molecule has 0 N–H and O–H groups in total. The van der Waals surface area contributed by atoms with Crippen LogP contribution in [0.15, 0.2) is 23.3 Å². The molecule has 0 spiro atoms. The molecule has 0 unspecified atom stereocenters. The molecular formula is C18H18O7. The molecule has 0 aliphatic carbocycles. The first-order valence-electron chi connectivity index (χ1n) is 8.71. The topological polar surface area (TPSA) is 80.3 Å². The van der Waals surface area contributed by atoms with Crippen LogP contribution in [0.3, 0.4) is 0 Å². The van der Waals surface area contributed by atoms with Gasteiger partial charge in [0.05, 0.1) is 62.0 Å². The van der Waals surface area contributed by atoms with Gasteiger partial charge in [0, 0.05) is 23.7 Å². The summed E-state index contributed by atoms with van der Waals surface area (Å²) in [7, 11) is 2.63. The van der Waals surface area contributed by atoms with Gasteiger partial charge in [0.25, 0.3) is 0 Å². The molecule has 4 saturated heterocycles. The number of rotatable bonds is 2. The van der Waals surface area contributed by atoms with Gasteiger partial charge < -0.3 is 23.7 Å². The van der Waals surface area contributed by atoms with Gasteiger partial charge in [-0.1, -0.05) is 12.2 Å². The molecule has 6 heterocycles. The van der Waals surface area contributed by atoms with Gasteiger partial charge in [-0.2, -0.15) is 0 Å². The van der Waals surface area contributed by atoms with Crippen LogP contribution in [0, 0.1) is 23.7 Å². The lowest BCUT2D eigenvalue weighted by atomic mass is 9.60. The molecule has 0 saturated carbocycles. The lowest BCUT2D eigenvalue weighted by Crippen LogP contribution is -2.49. The number of ether oxygens (including phenoxy) is 5. The third kappa shape index (κ3) is 1.46. The van der Waals surface area contributed by atoms with Crippen LogP contribution in [0.4, 0.5) is 0 Å². The summed E-state index contributed by atoms with van der Waals surface area (Å²) in [6.45, 7) is 0. The average Bonchev–Trinajstić information content (AvgIpc) is 3.42. The van der Waals surface area contributed by atoms with Gasteiger partial charge in [0.15, 0.2) is 0 Å². The number of methoxy groups -OCH3 is 2. The monoisotopic (exact) mass is 346 g/mol. The molecule has 6 bridgehead atoms. The van der Waals surface area contributed by atoms with Crippen molar-refractivity contribution in [2.75, 3.05) is 14.2 Å². The highest BCUT2D eigenvalue weighted by Gasteiger charge is 2.75. The third-order valence-corrected chi connectivity index (χ3v) is 6.95. The molecule has 10 atom stereocenters. The number of esters is 2. The van der Waals surface area contributed by atoms with Crippen molar-refractivity contribution in [1.29, 1.82) is 0 Å². The van der Waals surface area contributed by atoms with E-state index in [4.69, 9.17) is 23.7 Å². The molecule has 6 aliphatic rings. The van der Waals surface area contributed by atoms with E-state index in [1.54, 1.807) is 0 Å². The van der Waals surface area contributed by atoms with Crippen molar-refractivity contribution in [2.45, 2.75) is 36.6 Å². The predicted molar refractivity (Wildman–Crippen MR) is 80.1 cm³/mol. The van der Waals surface area contributed by atoms with Crippen molar-refractivity contribution in [3.8, 4) is 0 Å². The zero-order valence-electron chi connectivity index (χ0n) is 13.8. The second-order valence-corrected chi connectivity index (χ2v) is 7.61. The largest absolute Gasteiger partial charge is 0.466 e. The second-order valence-electron chi connectivity index (χ2n) is 7.61. The van der Waals surface area contributed by atoms with E-state index in [1.807, 2.05) is 0 Å². The third-order valence-electron chi connectivity index (χ3n) is 6.95. The normalized spacial score (nSPS) is 52.7. The first-order chi connectivity index (χ1) is 12.2. The van der Waals surface area contributed by atoms with Gasteiger partial charge in [-0.3, -0.25) is 0 Å². The highest BCUT2D eigenvalue weighted by molar-refractivity contribution is 6.03. The highest BCUT2D eigenvalue weighted by atomic mass is 16.6. The fourth-order valence-electron chi connectivity index (χ4n) is 6.26. The molecule has 0 aromatic rings. The van der Waals surface area contributed by atoms with E-state index in [0.717, 1.165) is 0 Å². The number of fused-ring (bicyclic) bond motifs is 16. The first kappa shape index (κ1) is 14.5. The Kier molecular flexibility index (Phi) is 2.62. The second kappa shape index (κ2) is 4.52. The van der Waals surface area contributed by atoms with Crippen molar-refractivity contribution < 1.29 is 33.3 Å². The molecule has 132 valence electrons. The zero-order valence-corrected chi connectivity index (χ0v) is 13.8. The molecule has 0 amide bonds. The summed E-state index contributed by atoms with van der Waals surface area (Å²) in [4.78, 5) is 24.7. The fraction of sp³-hybridized carbons (Fsp3) is 0.667. The highest BCUT2D eigenvalue weighted by Crippen LogP contribution is 2.65. The summed E-state index contributed by atoms with van der Waals surface area (Å²) in [6, 6.07) is 0. The van der Waals surface area contributed by atoms with Gasteiger partial charge in [0.1, 0.15) is 0 Å². The minimum absolute atomic E-state index is 0.00574. The Morgan fingerprint density at radius 3 is 1.68 bits per heavy atom. The van der Waals surface area contributed by atoms with Gasteiger partial charge in [-0.25, -0.2) is 9.59 Å². The van der Waals surface area contributed by atoms with E-state index >= 15 is 0 Å². The molecule has 4 fully saturated rings. The Morgan fingerprint density at radius 2 is 1.24 bits per heavy atom. The Balaban J connectivity index is 1.44. The van der Waals surface area contributed by atoms with Crippen molar-refractivity contribution in [1.82, 2.24) is 0 Å². The van der Waals surface area contributed by atoms with Crippen molar-refractivity contribution in [3.63, 3.8) is 0 Å². The maximum absolute atomic E-state index is 12.3. The van der Waals surface area contributed by atoms with E-state index in [2.05, 4.69) is 12.2 Å². The molecule has 25 heavy (non-hydrogen) atoms. The zero-order chi connectivity index (χ0) is 17.0. The Morgan fingerprint density at radius 1 is 0.760 bits per heavy atom. The van der Waals surface area contributed by atoms with Gasteiger partial charge in [-0.05, 0) is 0 Å². The van der Waals surface area contributed by atoms with Crippen molar-refractivity contribution in [2.24, 2.45) is 23.7 Å². The molecule has 7 heteroatoms. The molecule has 6 aliphatic heterocycles. The molecule has 7 nitrogen and oxygen atoms in total. The lowest BCUT2D eigenvalue weighted by Gasteiger charge is -2.37. The van der Waals surface area contributed by atoms with Crippen LogP contribution in [0.5, 0.6) is 0 Å². The van der Waals surface area contributed by atoms with Crippen LogP contribution in [0.25, 0.3) is 0 Å². The average molecular weight is 346 g/mol. The predicted octanol–water partition coefficient (Wildman–Crippen LogP) is -0.00700. The molecule has 6 rings (SSSR count). The summed E-state index contributed by atoms with van der Waals surface area (Å²) < 4.78 is 28.4. The van der Waals surface area contributed by atoms with E-state index in [-0.39, 0.29) is 36.3 Å². The van der Waals surface area contributed by atoms with Gasteiger partial charge in [0.2, 0.25) is 0 Å². The summed E-state index contributed by atoms with van der Waals surface area (Å²) in [5.74, 6) is -0.288. The lowest BCUT2D eigenvalue weighted by molar-refractivity contribution is -0.140. The van der Waals surface area contributed by atoms with Crippen LogP contribution in [-0.4, -0.2) is 62.8 Å². The van der Waals surface area contributed by atoms with Crippen molar-refractivity contribution in [3.05, 3.63) is 23.3 Å². The minimum Gasteiger partial charge on any atom is -0.466 e. The summed E-state index contributed by atoms with van der Waals surface area (Å²) >= 11 is 0. The summed E-state index contributed by atoms with van der Waals surface area (Å²) in [5, 5.41) is 0. The minimum atomic E-state index is -0.519. The number of hydrogen-bond acceptors (Lipinski definition) is 7. The maximum Gasteiger partial charge on any atom is 0.337 e. The first-order valence-corrected chi connectivity index (χ1v) is 8.71. The van der Waals surface area contributed by atoms with Crippen LogP contribution >= 0.6 is 0 Å². The molecule has 0 aromatic carbocycles. The number of carbonyl (C=O) groups excluding carboxylic acids is 2.